The van der Waals surface area contributed by atoms with Crippen LogP contribution in [0.2, 0.25) is 0 Å². The van der Waals surface area contributed by atoms with Crippen molar-refractivity contribution in [3.05, 3.63) is 70.3 Å². The van der Waals surface area contributed by atoms with Crippen LogP contribution in [-0.2, 0) is 10.0 Å². The zero-order valence-corrected chi connectivity index (χ0v) is 17.4. The quantitative estimate of drug-likeness (QED) is 0.641. The van der Waals surface area contributed by atoms with E-state index >= 15 is 0 Å². The maximum Gasteiger partial charge on any atom is 0.261 e. The van der Waals surface area contributed by atoms with Crippen LogP contribution in [0, 0.1) is 5.82 Å². The highest BCUT2D eigenvalue weighted by molar-refractivity contribution is 7.99. The Morgan fingerprint density at radius 3 is 2.47 bits per heavy atom. The second-order valence-electron chi connectivity index (χ2n) is 6.77. The van der Waals surface area contributed by atoms with E-state index in [0.29, 0.717) is 24.0 Å². The van der Waals surface area contributed by atoms with Gasteiger partial charge in [-0.3, -0.25) is 14.3 Å². The molecular weight excluding hydrogens is 429 g/mol. The molecule has 1 aliphatic heterocycles. The number of carbonyl (C=O) groups excluding carboxylic acids is 1. The number of aromatic nitrogens is 1. The minimum atomic E-state index is -3.99. The van der Waals surface area contributed by atoms with Crippen molar-refractivity contribution in [3.8, 4) is 0 Å². The number of benzene rings is 2. The Hall–Kier alpha value is -2.85. The van der Waals surface area contributed by atoms with Gasteiger partial charge in [0.15, 0.2) is 0 Å². The lowest BCUT2D eigenvalue weighted by Gasteiger charge is -2.26. The van der Waals surface area contributed by atoms with Crippen LogP contribution in [-0.4, -0.2) is 48.8 Å². The maximum absolute atomic E-state index is 13.1. The van der Waals surface area contributed by atoms with Crippen molar-refractivity contribution in [1.82, 2.24) is 9.88 Å². The molecule has 0 bridgehead atoms. The molecule has 3 aromatic rings. The molecule has 2 heterocycles. The van der Waals surface area contributed by atoms with Crippen LogP contribution in [0.15, 0.2) is 58.2 Å². The summed E-state index contributed by atoms with van der Waals surface area (Å²) in [6, 6.07) is 10.3. The standard InChI is InChI=1S/C20H18FN3O4S2/c21-13-1-3-14(4-2-13)23-30(27,28)15-5-6-18-16(11-15)17(12-19(25)22-18)20(26)24-7-9-29-10-8-24/h1-6,11-12,23H,7-10H2,(H,22,25). The van der Waals surface area contributed by atoms with E-state index in [1.165, 1.54) is 36.4 Å². The summed E-state index contributed by atoms with van der Waals surface area (Å²) in [5.41, 5.74) is 0.315. The Labute approximate surface area is 176 Å². The summed E-state index contributed by atoms with van der Waals surface area (Å²) in [5, 5.41) is 0.347. The number of amides is 1. The van der Waals surface area contributed by atoms with Gasteiger partial charge in [0.1, 0.15) is 5.82 Å². The third-order valence-electron chi connectivity index (χ3n) is 4.75. The average Bonchev–Trinajstić information content (AvgIpc) is 2.74. The van der Waals surface area contributed by atoms with E-state index in [1.807, 2.05) is 0 Å². The number of nitrogens with one attached hydrogen (secondary N) is 2. The Morgan fingerprint density at radius 2 is 1.77 bits per heavy atom. The second-order valence-corrected chi connectivity index (χ2v) is 9.68. The third-order valence-corrected chi connectivity index (χ3v) is 7.07. The number of halogens is 1. The molecule has 7 nitrogen and oxygen atoms in total. The number of sulfonamides is 1. The lowest BCUT2D eigenvalue weighted by molar-refractivity contribution is 0.0774. The lowest BCUT2D eigenvalue weighted by atomic mass is 10.1. The molecule has 30 heavy (non-hydrogen) atoms. The summed E-state index contributed by atoms with van der Waals surface area (Å²) in [4.78, 5) is 29.3. The third kappa shape index (κ3) is 4.19. The minimum absolute atomic E-state index is 0.0744. The average molecular weight is 448 g/mol. The predicted molar refractivity (Wildman–Crippen MR) is 115 cm³/mol. The fraction of sp³-hybridized carbons (Fsp3) is 0.200. The SMILES string of the molecule is O=C(c1cc(=O)[nH]c2ccc(S(=O)(=O)Nc3ccc(F)cc3)cc12)N1CCSCC1. The number of thioether (sulfide) groups is 1. The van der Waals surface area contributed by atoms with Crippen molar-refractivity contribution < 1.29 is 17.6 Å². The molecule has 1 fully saturated rings. The van der Waals surface area contributed by atoms with Gasteiger partial charge in [-0.2, -0.15) is 11.8 Å². The normalized spacial score (nSPS) is 14.6. The molecule has 2 N–H and O–H groups in total. The van der Waals surface area contributed by atoms with Gasteiger partial charge in [-0.25, -0.2) is 12.8 Å². The fourth-order valence-corrected chi connectivity index (χ4v) is 5.23. The van der Waals surface area contributed by atoms with E-state index in [0.717, 1.165) is 23.6 Å². The van der Waals surface area contributed by atoms with E-state index in [9.17, 15) is 22.4 Å². The largest absolute Gasteiger partial charge is 0.337 e. The second kappa shape index (κ2) is 8.11. The van der Waals surface area contributed by atoms with Gasteiger partial charge in [-0.15, -0.1) is 0 Å². The number of rotatable bonds is 4. The minimum Gasteiger partial charge on any atom is -0.337 e. The molecule has 0 atom stereocenters. The van der Waals surface area contributed by atoms with Gasteiger partial charge < -0.3 is 9.88 Å². The predicted octanol–water partition coefficient (Wildman–Crippen LogP) is 2.66. The summed E-state index contributed by atoms with van der Waals surface area (Å²) < 4.78 is 41.1. The first-order chi connectivity index (χ1) is 14.3. The number of nitrogens with zero attached hydrogens (tertiary/aromatic N) is 1. The van der Waals surface area contributed by atoms with Gasteiger partial charge in [0.25, 0.3) is 15.9 Å². The molecular formula is C20H18FN3O4S2. The molecule has 1 saturated heterocycles. The molecule has 0 aliphatic carbocycles. The Kier molecular flexibility index (Phi) is 5.52. The van der Waals surface area contributed by atoms with Crippen molar-refractivity contribution >= 4 is 44.3 Å². The number of hydrogen-bond acceptors (Lipinski definition) is 5. The lowest BCUT2D eigenvalue weighted by Crippen LogP contribution is -2.38. The smallest absolute Gasteiger partial charge is 0.261 e. The van der Waals surface area contributed by atoms with E-state index in [1.54, 1.807) is 16.7 Å². The van der Waals surface area contributed by atoms with Crippen molar-refractivity contribution in [2.75, 3.05) is 29.3 Å². The maximum atomic E-state index is 13.1. The van der Waals surface area contributed by atoms with Crippen molar-refractivity contribution in [1.29, 1.82) is 0 Å². The first kappa shape index (κ1) is 20.4. The van der Waals surface area contributed by atoms with Gasteiger partial charge in [-0.1, -0.05) is 0 Å². The number of carbonyl (C=O) groups is 1. The molecule has 1 aliphatic rings. The van der Waals surface area contributed by atoms with Crippen LogP contribution < -0.4 is 10.3 Å². The molecule has 1 amide bonds. The Bertz CT molecular complexity index is 1270. The highest BCUT2D eigenvalue weighted by Gasteiger charge is 2.23. The molecule has 0 radical (unpaired) electrons. The number of pyridine rings is 1. The van der Waals surface area contributed by atoms with Crippen LogP contribution in [0.5, 0.6) is 0 Å². The van der Waals surface area contributed by atoms with Crippen molar-refractivity contribution in [2.45, 2.75) is 4.90 Å². The molecule has 0 spiro atoms. The zero-order chi connectivity index (χ0) is 21.3. The monoisotopic (exact) mass is 447 g/mol. The summed E-state index contributed by atoms with van der Waals surface area (Å²) in [6.07, 6.45) is 0. The number of fused-ring (bicyclic) bond motifs is 1. The highest BCUT2D eigenvalue weighted by atomic mass is 32.2. The Balaban J connectivity index is 1.75. The molecule has 4 rings (SSSR count). The number of aromatic amines is 1. The van der Waals surface area contributed by atoms with Crippen LogP contribution >= 0.6 is 11.8 Å². The van der Waals surface area contributed by atoms with Crippen LogP contribution in [0.4, 0.5) is 10.1 Å². The van der Waals surface area contributed by atoms with Gasteiger partial charge in [0, 0.05) is 47.3 Å². The van der Waals surface area contributed by atoms with Gasteiger partial charge in [0.05, 0.1) is 10.5 Å². The summed E-state index contributed by atoms with van der Waals surface area (Å²) >= 11 is 1.75. The van der Waals surface area contributed by atoms with Crippen molar-refractivity contribution in [3.63, 3.8) is 0 Å². The number of H-pyrrole nitrogens is 1. The van der Waals surface area contributed by atoms with Crippen LogP contribution in [0.25, 0.3) is 10.9 Å². The number of hydrogen-bond donors (Lipinski definition) is 2. The van der Waals surface area contributed by atoms with E-state index in [-0.39, 0.29) is 22.1 Å². The van der Waals surface area contributed by atoms with Gasteiger partial charge in [0.2, 0.25) is 5.56 Å². The first-order valence-corrected chi connectivity index (χ1v) is 11.8. The fourth-order valence-electron chi connectivity index (χ4n) is 3.25. The molecule has 0 saturated carbocycles. The Morgan fingerprint density at radius 1 is 1.07 bits per heavy atom. The summed E-state index contributed by atoms with van der Waals surface area (Å²) in [6.45, 7) is 1.14. The van der Waals surface area contributed by atoms with Gasteiger partial charge in [-0.05, 0) is 42.5 Å². The number of anilines is 1. The molecule has 156 valence electrons. The van der Waals surface area contributed by atoms with Crippen LogP contribution in [0.1, 0.15) is 10.4 Å². The molecule has 10 heteroatoms. The van der Waals surface area contributed by atoms with Gasteiger partial charge >= 0.3 is 0 Å². The molecule has 2 aromatic carbocycles. The topological polar surface area (TPSA) is 99.3 Å². The summed E-state index contributed by atoms with van der Waals surface area (Å²) in [7, 11) is -3.99. The van der Waals surface area contributed by atoms with E-state index in [2.05, 4.69) is 9.71 Å². The first-order valence-electron chi connectivity index (χ1n) is 9.16. The highest BCUT2D eigenvalue weighted by Crippen LogP contribution is 2.24. The van der Waals surface area contributed by atoms with E-state index in [4.69, 9.17) is 0 Å². The van der Waals surface area contributed by atoms with E-state index < -0.39 is 21.4 Å². The molecule has 0 unspecified atom stereocenters. The molecule has 1 aromatic heterocycles. The summed E-state index contributed by atoms with van der Waals surface area (Å²) in [5.74, 6) is 0.849. The van der Waals surface area contributed by atoms with Crippen molar-refractivity contribution in [2.24, 2.45) is 0 Å². The zero-order valence-electron chi connectivity index (χ0n) is 15.7. The van der Waals surface area contributed by atoms with Crippen LogP contribution in [0.3, 0.4) is 0 Å².